The lowest BCUT2D eigenvalue weighted by Crippen LogP contribution is -2.48. The van der Waals surface area contributed by atoms with Crippen molar-refractivity contribution in [2.75, 3.05) is 6.54 Å². The van der Waals surface area contributed by atoms with Crippen LogP contribution in [0.5, 0.6) is 0 Å². The van der Waals surface area contributed by atoms with Gasteiger partial charge >= 0.3 is 6.09 Å². The molecule has 1 aliphatic rings. The molecule has 1 N–H and O–H groups in total. The van der Waals surface area contributed by atoms with Crippen molar-refractivity contribution < 1.29 is 9.53 Å². The Morgan fingerprint density at radius 1 is 1.26 bits per heavy atom. The summed E-state index contributed by atoms with van der Waals surface area (Å²) in [5.41, 5.74) is 0.446. The van der Waals surface area contributed by atoms with Crippen molar-refractivity contribution in [1.29, 1.82) is 0 Å². The van der Waals surface area contributed by atoms with Crippen molar-refractivity contribution in [3.05, 3.63) is 40.8 Å². The molecule has 1 aliphatic carbocycles. The molecule has 0 radical (unpaired) electrons. The first kappa shape index (κ1) is 13.5. The number of hydrogen-bond donors (Lipinski definition) is 1. The topological polar surface area (TPSA) is 67.8 Å². The molecule has 0 aliphatic heterocycles. The van der Waals surface area contributed by atoms with Gasteiger partial charge in [0.2, 0.25) is 0 Å². The summed E-state index contributed by atoms with van der Waals surface area (Å²) in [5, 5.41) is 5.75. The molecule has 19 heavy (non-hydrogen) atoms. The SMILES string of the molecule is O=NCC1(NC(=O)OCc2ccccc2)CCCC1. The Hall–Kier alpha value is -1.91. The predicted octanol–water partition coefficient (Wildman–Crippen LogP) is 2.99. The van der Waals surface area contributed by atoms with E-state index in [1.54, 1.807) is 0 Å². The van der Waals surface area contributed by atoms with Gasteiger partial charge in [-0.05, 0) is 18.4 Å². The minimum Gasteiger partial charge on any atom is -0.445 e. The molecule has 0 heterocycles. The number of carbonyl (C=O) groups is 1. The molecule has 0 spiro atoms. The molecule has 0 saturated heterocycles. The van der Waals surface area contributed by atoms with Gasteiger partial charge in [-0.3, -0.25) is 0 Å². The highest BCUT2D eigenvalue weighted by Crippen LogP contribution is 2.30. The van der Waals surface area contributed by atoms with Gasteiger partial charge in [-0.15, -0.1) is 0 Å². The highest BCUT2D eigenvalue weighted by atomic mass is 16.5. The van der Waals surface area contributed by atoms with Crippen molar-refractivity contribution in [3.63, 3.8) is 0 Å². The standard InChI is InChI=1S/C14H18N2O3/c17-13(19-10-12-6-2-1-3-7-12)16-14(11-15-18)8-4-5-9-14/h1-3,6-7H,4-5,8-11H2,(H,16,17). The van der Waals surface area contributed by atoms with E-state index < -0.39 is 11.6 Å². The fraction of sp³-hybridized carbons (Fsp3) is 0.500. The van der Waals surface area contributed by atoms with Crippen molar-refractivity contribution in [2.24, 2.45) is 5.18 Å². The number of ether oxygens (including phenoxy) is 1. The van der Waals surface area contributed by atoms with Gasteiger partial charge in [0.15, 0.2) is 0 Å². The van der Waals surface area contributed by atoms with Crippen molar-refractivity contribution in [3.8, 4) is 0 Å². The molecule has 2 rings (SSSR count). The number of nitroso groups, excluding NO2 is 1. The molecule has 102 valence electrons. The van der Waals surface area contributed by atoms with E-state index in [2.05, 4.69) is 10.5 Å². The van der Waals surface area contributed by atoms with E-state index >= 15 is 0 Å². The summed E-state index contributed by atoms with van der Waals surface area (Å²) >= 11 is 0. The quantitative estimate of drug-likeness (QED) is 0.829. The smallest absolute Gasteiger partial charge is 0.407 e. The minimum atomic E-state index is -0.491. The number of nitrogens with one attached hydrogen (secondary N) is 1. The van der Waals surface area contributed by atoms with Crippen LogP contribution in [0.15, 0.2) is 35.5 Å². The summed E-state index contributed by atoms with van der Waals surface area (Å²) in [6, 6.07) is 9.49. The van der Waals surface area contributed by atoms with E-state index in [4.69, 9.17) is 4.74 Å². The molecule has 1 saturated carbocycles. The molecular formula is C14H18N2O3. The van der Waals surface area contributed by atoms with Crippen LogP contribution in [0.3, 0.4) is 0 Å². The lowest BCUT2D eigenvalue weighted by molar-refractivity contribution is 0.127. The fourth-order valence-corrected chi connectivity index (χ4v) is 2.47. The van der Waals surface area contributed by atoms with Gasteiger partial charge in [0, 0.05) is 0 Å². The lowest BCUT2D eigenvalue weighted by atomic mass is 9.98. The summed E-state index contributed by atoms with van der Waals surface area (Å²) < 4.78 is 5.17. The molecule has 5 nitrogen and oxygen atoms in total. The zero-order valence-electron chi connectivity index (χ0n) is 10.8. The van der Waals surface area contributed by atoms with Gasteiger partial charge in [-0.1, -0.05) is 48.4 Å². The Balaban J connectivity index is 1.84. The molecule has 5 heteroatoms. The number of carbonyl (C=O) groups excluding carboxylic acids is 1. The van der Waals surface area contributed by atoms with E-state index in [0.717, 1.165) is 31.2 Å². The Labute approximate surface area is 112 Å². The fourth-order valence-electron chi connectivity index (χ4n) is 2.47. The van der Waals surface area contributed by atoms with Gasteiger partial charge in [-0.2, -0.15) is 4.91 Å². The van der Waals surface area contributed by atoms with E-state index in [1.807, 2.05) is 30.3 Å². The predicted molar refractivity (Wildman–Crippen MR) is 71.6 cm³/mol. The average Bonchev–Trinajstić information content (AvgIpc) is 2.86. The molecule has 0 aromatic heterocycles. The Morgan fingerprint density at radius 2 is 1.95 bits per heavy atom. The maximum atomic E-state index is 11.8. The first-order valence-corrected chi connectivity index (χ1v) is 6.52. The summed E-state index contributed by atoms with van der Waals surface area (Å²) in [6.07, 6.45) is 3.12. The monoisotopic (exact) mass is 262 g/mol. The van der Waals surface area contributed by atoms with Gasteiger partial charge in [0.25, 0.3) is 0 Å². The number of rotatable bonds is 5. The normalized spacial score (nSPS) is 16.8. The first-order valence-electron chi connectivity index (χ1n) is 6.52. The van der Waals surface area contributed by atoms with Gasteiger partial charge in [0.1, 0.15) is 13.2 Å². The van der Waals surface area contributed by atoms with Crippen LogP contribution in [-0.4, -0.2) is 18.2 Å². The summed E-state index contributed by atoms with van der Waals surface area (Å²) in [7, 11) is 0. The first-order chi connectivity index (χ1) is 9.24. The van der Waals surface area contributed by atoms with E-state index in [1.165, 1.54) is 0 Å². The second-order valence-electron chi connectivity index (χ2n) is 4.96. The Morgan fingerprint density at radius 3 is 2.58 bits per heavy atom. The van der Waals surface area contributed by atoms with E-state index in [9.17, 15) is 9.70 Å². The zero-order chi connectivity index (χ0) is 13.6. The summed E-state index contributed by atoms with van der Waals surface area (Å²) in [4.78, 5) is 22.3. The van der Waals surface area contributed by atoms with Crippen LogP contribution in [-0.2, 0) is 11.3 Å². The molecular weight excluding hydrogens is 244 g/mol. The number of nitrogens with zero attached hydrogens (tertiary/aromatic N) is 1. The van der Waals surface area contributed by atoms with E-state index in [-0.39, 0.29) is 13.2 Å². The maximum Gasteiger partial charge on any atom is 0.407 e. The van der Waals surface area contributed by atoms with Crippen LogP contribution < -0.4 is 5.32 Å². The number of alkyl carbamates (subject to hydrolysis) is 1. The lowest BCUT2D eigenvalue weighted by Gasteiger charge is -2.26. The van der Waals surface area contributed by atoms with Crippen LogP contribution >= 0.6 is 0 Å². The third kappa shape index (κ3) is 3.77. The van der Waals surface area contributed by atoms with Crippen LogP contribution in [0.2, 0.25) is 0 Å². The number of hydrogen-bond acceptors (Lipinski definition) is 4. The Bertz CT molecular complexity index is 428. The van der Waals surface area contributed by atoms with Crippen molar-refractivity contribution in [1.82, 2.24) is 5.32 Å². The Kier molecular flexibility index (Phi) is 4.49. The van der Waals surface area contributed by atoms with Crippen LogP contribution in [0.25, 0.3) is 0 Å². The third-order valence-corrected chi connectivity index (χ3v) is 3.51. The summed E-state index contributed by atoms with van der Waals surface area (Å²) in [6.45, 7) is 0.352. The van der Waals surface area contributed by atoms with Gasteiger partial charge in [-0.25, -0.2) is 4.79 Å². The molecule has 1 amide bonds. The zero-order valence-corrected chi connectivity index (χ0v) is 10.8. The summed E-state index contributed by atoms with van der Waals surface area (Å²) in [5.74, 6) is 0. The number of benzene rings is 1. The van der Waals surface area contributed by atoms with Crippen molar-refractivity contribution in [2.45, 2.75) is 37.8 Å². The van der Waals surface area contributed by atoms with Crippen LogP contribution in [0.1, 0.15) is 31.2 Å². The second-order valence-corrected chi connectivity index (χ2v) is 4.96. The minimum absolute atomic E-state index is 0.118. The highest BCUT2D eigenvalue weighted by Gasteiger charge is 2.36. The van der Waals surface area contributed by atoms with Crippen LogP contribution in [0, 0.1) is 4.91 Å². The molecule has 0 bridgehead atoms. The van der Waals surface area contributed by atoms with Gasteiger partial charge in [0.05, 0.1) is 5.54 Å². The van der Waals surface area contributed by atoms with Crippen LogP contribution in [0.4, 0.5) is 4.79 Å². The number of amides is 1. The third-order valence-electron chi connectivity index (χ3n) is 3.51. The molecule has 1 aromatic rings. The highest BCUT2D eigenvalue weighted by molar-refractivity contribution is 5.68. The molecule has 1 aromatic carbocycles. The molecule has 0 atom stereocenters. The molecule has 0 unspecified atom stereocenters. The van der Waals surface area contributed by atoms with E-state index in [0.29, 0.717) is 0 Å². The van der Waals surface area contributed by atoms with Gasteiger partial charge < -0.3 is 10.1 Å². The second kappa shape index (κ2) is 6.31. The molecule has 1 fully saturated rings. The van der Waals surface area contributed by atoms with Crippen molar-refractivity contribution >= 4 is 6.09 Å². The largest absolute Gasteiger partial charge is 0.445 e. The average molecular weight is 262 g/mol. The maximum absolute atomic E-state index is 11.8.